The number of nitro groups is 1. The predicted octanol–water partition coefficient (Wildman–Crippen LogP) is 3.29. The van der Waals surface area contributed by atoms with Gasteiger partial charge in [0.05, 0.1) is 20.4 Å². The summed E-state index contributed by atoms with van der Waals surface area (Å²) in [6, 6.07) is 9.33. The fraction of sp³-hybridized carbons (Fsp3) is 0.235. The summed E-state index contributed by atoms with van der Waals surface area (Å²) < 4.78 is 26.4. The molecule has 142 valence electrons. The van der Waals surface area contributed by atoms with Crippen LogP contribution in [-0.2, 0) is 10.0 Å². The lowest BCUT2D eigenvalue weighted by Crippen LogP contribution is -2.27. The van der Waals surface area contributed by atoms with E-state index in [1.54, 1.807) is 0 Å². The number of hydrogen-bond donors (Lipinski definition) is 1. The fourth-order valence-corrected chi connectivity index (χ4v) is 4.51. The van der Waals surface area contributed by atoms with Gasteiger partial charge in [0.15, 0.2) is 0 Å². The lowest BCUT2D eigenvalue weighted by Gasteiger charge is -2.15. The van der Waals surface area contributed by atoms with Crippen LogP contribution in [0.2, 0.25) is 5.02 Å². The summed E-state index contributed by atoms with van der Waals surface area (Å²) in [5.41, 5.74) is 0.0548. The Bertz CT molecular complexity index is 986. The number of hydrogen-bond acceptors (Lipinski definition) is 5. The van der Waals surface area contributed by atoms with Crippen LogP contribution in [0.5, 0.6) is 0 Å². The van der Waals surface area contributed by atoms with Gasteiger partial charge in [-0.25, -0.2) is 8.42 Å². The summed E-state index contributed by atoms with van der Waals surface area (Å²) in [5.74, 6) is -0.626. The predicted molar refractivity (Wildman–Crippen MR) is 100 cm³/mol. The molecular formula is C17H16ClN3O5S. The number of non-ortho nitro benzene ring substituents is 1. The van der Waals surface area contributed by atoms with E-state index in [-0.39, 0.29) is 21.2 Å². The number of anilines is 1. The van der Waals surface area contributed by atoms with E-state index < -0.39 is 20.9 Å². The molecule has 8 nitrogen and oxygen atoms in total. The largest absolute Gasteiger partial charge is 0.322 e. The first-order valence-corrected chi connectivity index (χ1v) is 9.96. The highest BCUT2D eigenvalue weighted by Gasteiger charge is 2.27. The van der Waals surface area contributed by atoms with Gasteiger partial charge in [-0.1, -0.05) is 11.6 Å². The van der Waals surface area contributed by atoms with E-state index in [0.29, 0.717) is 18.8 Å². The van der Waals surface area contributed by atoms with Crippen LogP contribution in [-0.4, -0.2) is 36.6 Å². The molecule has 1 aliphatic heterocycles. The average molecular weight is 410 g/mol. The second-order valence-electron chi connectivity index (χ2n) is 6.01. The third-order valence-corrected chi connectivity index (χ3v) is 6.46. The van der Waals surface area contributed by atoms with Crippen molar-refractivity contribution in [3.63, 3.8) is 0 Å². The van der Waals surface area contributed by atoms with E-state index in [2.05, 4.69) is 5.32 Å². The maximum absolute atomic E-state index is 12.5. The first-order valence-electron chi connectivity index (χ1n) is 8.14. The van der Waals surface area contributed by atoms with E-state index in [0.717, 1.165) is 18.9 Å². The fourth-order valence-electron chi connectivity index (χ4n) is 2.79. The van der Waals surface area contributed by atoms with Crippen molar-refractivity contribution in [2.24, 2.45) is 0 Å². The molecule has 1 fully saturated rings. The number of carbonyl (C=O) groups excluding carboxylic acids is 1. The SMILES string of the molecule is O=C(Nc1ccc(S(=O)(=O)N2CCCC2)cc1)c1cc([N+](=O)[O-])ccc1Cl. The summed E-state index contributed by atoms with van der Waals surface area (Å²) in [6.45, 7) is 1.01. The Balaban J connectivity index is 1.78. The van der Waals surface area contributed by atoms with Gasteiger partial charge in [0.1, 0.15) is 0 Å². The number of rotatable bonds is 5. The molecule has 1 amide bonds. The molecule has 10 heteroatoms. The van der Waals surface area contributed by atoms with Crippen molar-refractivity contribution in [2.75, 3.05) is 18.4 Å². The van der Waals surface area contributed by atoms with Crippen molar-refractivity contribution in [1.82, 2.24) is 4.31 Å². The van der Waals surface area contributed by atoms with Crippen molar-refractivity contribution >= 4 is 38.9 Å². The Morgan fingerprint density at radius 3 is 2.33 bits per heavy atom. The van der Waals surface area contributed by atoms with Crippen LogP contribution in [0.3, 0.4) is 0 Å². The zero-order chi connectivity index (χ0) is 19.6. The number of nitro benzene ring substituents is 1. The first-order chi connectivity index (χ1) is 12.8. The Morgan fingerprint density at radius 2 is 1.74 bits per heavy atom. The second kappa shape index (κ2) is 7.63. The molecule has 1 heterocycles. The first kappa shape index (κ1) is 19.3. The quantitative estimate of drug-likeness (QED) is 0.601. The molecule has 0 spiro atoms. The van der Waals surface area contributed by atoms with Crippen LogP contribution in [0.25, 0.3) is 0 Å². The summed E-state index contributed by atoms with van der Waals surface area (Å²) in [7, 11) is -3.53. The van der Waals surface area contributed by atoms with Gasteiger partial charge in [-0.05, 0) is 43.2 Å². The molecule has 0 radical (unpaired) electrons. The number of nitrogens with one attached hydrogen (secondary N) is 1. The third kappa shape index (κ3) is 4.10. The zero-order valence-electron chi connectivity index (χ0n) is 14.1. The van der Waals surface area contributed by atoms with Crippen molar-refractivity contribution in [3.8, 4) is 0 Å². The molecule has 0 saturated carbocycles. The van der Waals surface area contributed by atoms with Gasteiger partial charge in [0, 0.05) is 30.9 Å². The average Bonchev–Trinajstić information content (AvgIpc) is 3.18. The lowest BCUT2D eigenvalue weighted by molar-refractivity contribution is -0.384. The van der Waals surface area contributed by atoms with Gasteiger partial charge >= 0.3 is 0 Å². The van der Waals surface area contributed by atoms with E-state index in [9.17, 15) is 23.3 Å². The summed E-state index contributed by atoms with van der Waals surface area (Å²) >= 11 is 5.95. The molecule has 2 aromatic rings. The highest BCUT2D eigenvalue weighted by molar-refractivity contribution is 7.89. The van der Waals surface area contributed by atoms with Crippen LogP contribution in [0, 0.1) is 10.1 Å². The van der Waals surface area contributed by atoms with E-state index in [1.165, 1.54) is 40.7 Å². The molecule has 27 heavy (non-hydrogen) atoms. The minimum atomic E-state index is -3.53. The molecule has 1 N–H and O–H groups in total. The maximum Gasteiger partial charge on any atom is 0.270 e. The van der Waals surface area contributed by atoms with Gasteiger partial charge < -0.3 is 5.32 Å². The van der Waals surface area contributed by atoms with Crippen LogP contribution >= 0.6 is 11.6 Å². The maximum atomic E-state index is 12.5. The zero-order valence-corrected chi connectivity index (χ0v) is 15.7. The van der Waals surface area contributed by atoms with Crippen molar-refractivity contribution in [2.45, 2.75) is 17.7 Å². The molecule has 0 aromatic heterocycles. The molecular weight excluding hydrogens is 394 g/mol. The Kier molecular flexibility index (Phi) is 5.45. The topological polar surface area (TPSA) is 110 Å². The molecule has 3 rings (SSSR count). The Hall–Kier alpha value is -2.49. The number of benzene rings is 2. The van der Waals surface area contributed by atoms with Gasteiger partial charge in [0.2, 0.25) is 10.0 Å². The number of halogens is 1. The minimum Gasteiger partial charge on any atom is -0.322 e. The number of amides is 1. The smallest absolute Gasteiger partial charge is 0.270 e. The molecule has 0 aliphatic carbocycles. The van der Waals surface area contributed by atoms with Crippen molar-refractivity contribution in [3.05, 3.63) is 63.2 Å². The number of sulfonamides is 1. The molecule has 0 atom stereocenters. The van der Waals surface area contributed by atoms with Gasteiger partial charge in [-0.15, -0.1) is 0 Å². The van der Waals surface area contributed by atoms with Crippen molar-refractivity contribution in [1.29, 1.82) is 0 Å². The third-order valence-electron chi connectivity index (χ3n) is 4.22. The van der Waals surface area contributed by atoms with Crippen LogP contribution in [0.4, 0.5) is 11.4 Å². The molecule has 0 bridgehead atoms. The molecule has 2 aromatic carbocycles. The van der Waals surface area contributed by atoms with Crippen LogP contribution in [0.15, 0.2) is 47.4 Å². The van der Waals surface area contributed by atoms with Gasteiger partial charge in [-0.3, -0.25) is 14.9 Å². The summed E-state index contributed by atoms with van der Waals surface area (Å²) in [6.07, 6.45) is 1.69. The van der Waals surface area contributed by atoms with Crippen LogP contribution in [0.1, 0.15) is 23.2 Å². The van der Waals surface area contributed by atoms with Crippen LogP contribution < -0.4 is 5.32 Å². The highest BCUT2D eigenvalue weighted by Crippen LogP contribution is 2.25. The van der Waals surface area contributed by atoms with E-state index >= 15 is 0 Å². The summed E-state index contributed by atoms with van der Waals surface area (Å²) in [5, 5.41) is 13.5. The minimum absolute atomic E-state index is 0.0420. The molecule has 1 aliphatic rings. The lowest BCUT2D eigenvalue weighted by atomic mass is 10.2. The highest BCUT2D eigenvalue weighted by atomic mass is 35.5. The van der Waals surface area contributed by atoms with Gasteiger partial charge in [0.25, 0.3) is 11.6 Å². The van der Waals surface area contributed by atoms with Gasteiger partial charge in [-0.2, -0.15) is 4.31 Å². The Morgan fingerprint density at radius 1 is 1.11 bits per heavy atom. The summed E-state index contributed by atoms with van der Waals surface area (Å²) in [4.78, 5) is 22.7. The Labute approximate surface area is 160 Å². The number of carbonyl (C=O) groups is 1. The monoisotopic (exact) mass is 409 g/mol. The normalized spacial score (nSPS) is 14.9. The standard InChI is InChI=1S/C17H16ClN3O5S/c18-16-8-5-13(21(23)24)11-15(16)17(22)19-12-3-6-14(7-4-12)27(25,26)20-9-1-2-10-20/h3-8,11H,1-2,9-10H2,(H,19,22). The van der Waals surface area contributed by atoms with E-state index in [4.69, 9.17) is 11.6 Å². The number of nitrogens with zero attached hydrogens (tertiary/aromatic N) is 2. The molecule has 1 saturated heterocycles. The van der Waals surface area contributed by atoms with Crippen molar-refractivity contribution < 1.29 is 18.1 Å². The molecule has 0 unspecified atom stereocenters. The second-order valence-corrected chi connectivity index (χ2v) is 8.36. The van der Waals surface area contributed by atoms with E-state index in [1.807, 2.05) is 0 Å².